The standard InChI is InChI=1S/C16H15N3/c1-19(2)11-17-18-16-14-9-5-3-7-12(14)13-8-4-6-10-15(13)16/h3-11H,1-2H3/b17-11+. The maximum absolute atomic E-state index is 4.39. The molecule has 1 aliphatic rings. The molecular weight excluding hydrogens is 234 g/mol. The Morgan fingerprint density at radius 1 is 0.789 bits per heavy atom. The van der Waals surface area contributed by atoms with Gasteiger partial charge in [0.1, 0.15) is 12.1 Å². The van der Waals surface area contributed by atoms with Gasteiger partial charge in [-0.1, -0.05) is 48.5 Å². The van der Waals surface area contributed by atoms with E-state index in [0.29, 0.717) is 0 Å². The van der Waals surface area contributed by atoms with Crippen LogP contribution in [-0.4, -0.2) is 31.0 Å². The van der Waals surface area contributed by atoms with Gasteiger partial charge in [0.25, 0.3) is 0 Å². The molecular formula is C16H15N3. The summed E-state index contributed by atoms with van der Waals surface area (Å²) in [7, 11) is 3.86. The van der Waals surface area contributed by atoms with Gasteiger partial charge in [-0.3, -0.25) is 0 Å². The Balaban J connectivity index is 2.15. The molecule has 94 valence electrons. The first-order valence-electron chi connectivity index (χ1n) is 6.24. The van der Waals surface area contributed by atoms with E-state index in [1.54, 1.807) is 6.34 Å². The molecule has 3 heteroatoms. The average molecular weight is 249 g/mol. The van der Waals surface area contributed by atoms with E-state index in [1.807, 2.05) is 31.1 Å². The molecule has 0 bridgehead atoms. The number of rotatable bonds is 2. The van der Waals surface area contributed by atoms with Crippen molar-refractivity contribution < 1.29 is 0 Å². The van der Waals surface area contributed by atoms with Crippen LogP contribution in [-0.2, 0) is 0 Å². The van der Waals surface area contributed by atoms with Crippen molar-refractivity contribution in [2.24, 2.45) is 10.2 Å². The van der Waals surface area contributed by atoms with Gasteiger partial charge in [0, 0.05) is 25.2 Å². The molecule has 0 saturated carbocycles. The average Bonchev–Trinajstić information content (AvgIpc) is 2.74. The Bertz CT molecular complexity index is 622. The number of hydrogen-bond acceptors (Lipinski definition) is 2. The van der Waals surface area contributed by atoms with Gasteiger partial charge in [0.15, 0.2) is 0 Å². The molecule has 0 saturated heterocycles. The van der Waals surface area contributed by atoms with Gasteiger partial charge >= 0.3 is 0 Å². The van der Waals surface area contributed by atoms with Crippen molar-refractivity contribution in [2.45, 2.75) is 0 Å². The highest BCUT2D eigenvalue weighted by atomic mass is 15.3. The molecule has 1 aliphatic carbocycles. The summed E-state index contributed by atoms with van der Waals surface area (Å²) >= 11 is 0. The third-order valence-electron chi connectivity index (χ3n) is 3.09. The predicted octanol–water partition coefficient (Wildman–Crippen LogP) is 3.01. The molecule has 19 heavy (non-hydrogen) atoms. The van der Waals surface area contributed by atoms with Gasteiger partial charge < -0.3 is 4.90 Å². The van der Waals surface area contributed by atoms with E-state index in [4.69, 9.17) is 0 Å². The van der Waals surface area contributed by atoms with Crippen LogP contribution in [0.1, 0.15) is 11.1 Å². The maximum atomic E-state index is 4.39. The van der Waals surface area contributed by atoms with Gasteiger partial charge in [-0.15, -0.1) is 10.2 Å². The summed E-state index contributed by atoms with van der Waals surface area (Å²) in [4.78, 5) is 1.87. The van der Waals surface area contributed by atoms with Crippen LogP contribution in [0.3, 0.4) is 0 Å². The second kappa shape index (κ2) is 4.69. The number of benzene rings is 2. The lowest BCUT2D eigenvalue weighted by Crippen LogP contribution is -2.07. The van der Waals surface area contributed by atoms with Gasteiger partial charge in [0.05, 0.1) is 0 Å². The number of fused-ring (bicyclic) bond motifs is 3. The minimum absolute atomic E-state index is 0.948. The van der Waals surface area contributed by atoms with Crippen molar-refractivity contribution in [3.05, 3.63) is 59.7 Å². The molecule has 3 nitrogen and oxygen atoms in total. The van der Waals surface area contributed by atoms with Crippen LogP contribution in [0.5, 0.6) is 0 Å². The van der Waals surface area contributed by atoms with E-state index in [-0.39, 0.29) is 0 Å². The normalized spacial score (nSPS) is 12.4. The molecule has 0 unspecified atom stereocenters. The zero-order valence-electron chi connectivity index (χ0n) is 11.0. The lowest BCUT2D eigenvalue weighted by atomic mass is 10.1. The SMILES string of the molecule is CN(C)/C=N/N=C1c2ccccc2-c2ccccc21. The van der Waals surface area contributed by atoms with Gasteiger partial charge in [0.2, 0.25) is 0 Å². The summed E-state index contributed by atoms with van der Waals surface area (Å²) in [6.07, 6.45) is 1.70. The van der Waals surface area contributed by atoms with Gasteiger partial charge in [-0.05, 0) is 11.1 Å². The lowest BCUT2D eigenvalue weighted by Gasteiger charge is -2.01. The van der Waals surface area contributed by atoms with Gasteiger partial charge in [-0.25, -0.2) is 0 Å². The second-order valence-electron chi connectivity index (χ2n) is 4.73. The van der Waals surface area contributed by atoms with E-state index < -0.39 is 0 Å². The molecule has 0 aliphatic heterocycles. The van der Waals surface area contributed by atoms with Gasteiger partial charge in [-0.2, -0.15) is 0 Å². The summed E-state index contributed by atoms with van der Waals surface area (Å²) in [5.41, 5.74) is 5.72. The predicted molar refractivity (Wildman–Crippen MR) is 79.7 cm³/mol. The van der Waals surface area contributed by atoms with Crippen LogP contribution in [0.15, 0.2) is 58.7 Å². The van der Waals surface area contributed by atoms with E-state index >= 15 is 0 Å². The van der Waals surface area contributed by atoms with Crippen LogP contribution in [0, 0.1) is 0 Å². The van der Waals surface area contributed by atoms with Crippen LogP contribution in [0.2, 0.25) is 0 Å². The zero-order chi connectivity index (χ0) is 13.2. The largest absolute Gasteiger partial charge is 0.367 e. The van der Waals surface area contributed by atoms with Crippen molar-refractivity contribution in [3.8, 4) is 11.1 Å². The minimum Gasteiger partial charge on any atom is -0.367 e. The Labute approximate surface area is 112 Å². The van der Waals surface area contributed by atoms with Crippen LogP contribution < -0.4 is 0 Å². The maximum Gasteiger partial charge on any atom is 0.113 e. The van der Waals surface area contributed by atoms with E-state index in [2.05, 4.69) is 46.6 Å². The first-order chi connectivity index (χ1) is 9.27. The summed E-state index contributed by atoms with van der Waals surface area (Å²) in [5.74, 6) is 0. The van der Waals surface area contributed by atoms with Crippen LogP contribution in [0.25, 0.3) is 11.1 Å². The molecule has 0 atom stereocenters. The highest BCUT2D eigenvalue weighted by Gasteiger charge is 2.23. The Morgan fingerprint density at radius 3 is 1.74 bits per heavy atom. The molecule has 3 rings (SSSR count). The summed E-state index contributed by atoms with van der Waals surface area (Å²) in [6.45, 7) is 0. The number of nitrogens with zero attached hydrogens (tertiary/aromatic N) is 3. The van der Waals surface area contributed by atoms with Crippen molar-refractivity contribution in [2.75, 3.05) is 14.1 Å². The molecule has 0 fully saturated rings. The molecule has 0 aromatic heterocycles. The summed E-state index contributed by atoms with van der Waals surface area (Å²) in [6, 6.07) is 16.6. The number of hydrogen-bond donors (Lipinski definition) is 0. The molecule has 0 amide bonds. The molecule has 0 heterocycles. The third kappa shape index (κ3) is 2.03. The van der Waals surface area contributed by atoms with Crippen LogP contribution >= 0.6 is 0 Å². The Morgan fingerprint density at radius 2 is 1.26 bits per heavy atom. The minimum atomic E-state index is 0.948. The topological polar surface area (TPSA) is 28.0 Å². The smallest absolute Gasteiger partial charge is 0.113 e. The molecule has 2 aromatic carbocycles. The van der Waals surface area contributed by atoms with E-state index in [0.717, 1.165) is 16.8 Å². The third-order valence-corrected chi connectivity index (χ3v) is 3.09. The Hall–Kier alpha value is -2.42. The van der Waals surface area contributed by atoms with Crippen molar-refractivity contribution >= 4 is 12.1 Å². The first-order valence-corrected chi connectivity index (χ1v) is 6.24. The quantitative estimate of drug-likeness (QED) is 0.390. The second-order valence-corrected chi connectivity index (χ2v) is 4.73. The Kier molecular flexibility index (Phi) is 2.88. The highest BCUT2D eigenvalue weighted by molar-refractivity contribution is 6.24. The van der Waals surface area contributed by atoms with Crippen molar-refractivity contribution in [1.82, 2.24) is 4.90 Å². The molecule has 0 N–H and O–H groups in total. The monoisotopic (exact) mass is 249 g/mol. The fourth-order valence-electron chi connectivity index (χ4n) is 2.29. The molecule has 0 spiro atoms. The summed E-state index contributed by atoms with van der Waals surface area (Å²) in [5, 5.41) is 8.53. The van der Waals surface area contributed by atoms with E-state index in [1.165, 1.54) is 11.1 Å². The first kappa shape index (κ1) is 11.7. The highest BCUT2D eigenvalue weighted by Crippen LogP contribution is 2.36. The van der Waals surface area contributed by atoms with Crippen molar-refractivity contribution in [1.29, 1.82) is 0 Å². The molecule has 2 aromatic rings. The fourth-order valence-corrected chi connectivity index (χ4v) is 2.29. The van der Waals surface area contributed by atoms with Crippen molar-refractivity contribution in [3.63, 3.8) is 0 Å². The fraction of sp³-hybridized carbons (Fsp3) is 0.125. The summed E-state index contributed by atoms with van der Waals surface area (Å²) < 4.78 is 0. The molecule has 0 radical (unpaired) electrons. The van der Waals surface area contributed by atoms with E-state index in [9.17, 15) is 0 Å². The van der Waals surface area contributed by atoms with Crippen LogP contribution in [0.4, 0.5) is 0 Å². The zero-order valence-corrected chi connectivity index (χ0v) is 11.0. The lowest BCUT2D eigenvalue weighted by molar-refractivity contribution is 0.640.